The van der Waals surface area contributed by atoms with Gasteiger partial charge in [-0.2, -0.15) is 5.10 Å². The summed E-state index contributed by atoms with van der Waals surface area (Å²) < 4.78 is 17.7. The molecule has 0 radical (unpaired) electrons. The molecule has 0 spiro atoms. The molecule has 118 valence electrons. The molecule has 0 N–H and O–H groups in total. The predicted octanol–water partition coefficient (Wildman–Crippen LogP) is 4.68. The van der Waals surface area contributed by atoms with Gasteiger partial charge in [0.1, 0.15) is 0 Å². The highest BCUT2D eigenvalue weighted by Crippen LogP contribution is 2.36. The Kier molecular flexibility index (Phi) is 6.90. The molecule has 0 aliphatic heterocycles. The van der Waals surface area contributed by atoms with E-state index in [1.807, 2.05) is 6.07 Å². The van der Waals surface area contributed by atoms with Crippen LogP contribution in [-0.2, 0) is 0 Å². The maximum atomic E-state index is 12.2. The molecule has 4 heteroatoms. The first-order valence-corrected chi connectivity index (χ1v) is 8.35. The number of halogens is 1. The molecular weight excluding hydrogens is 267 g/mol. The van der Waals surface area contributed by atoms with Gasteiger partial charge in [0.05, 0.1) is 19.0 Å². The van der Waals surface area contributed by atoms with Gasteiger partial charge in [0.2, 0.25) is 5.88 Å². The predicted molar refractivity (Wildman–Crippen MR) is 82.3 cm³/mol. The molecule has 0 aromatic carbocycles. The van der Waals surface area contributed by atoms with E-state index in [9.17, 15) is 4.39 Å². The number of alkyl halides is 1. The average Bonchev–Trinajstić information content (AvgIpc) is 2.54. The van der Waals surface area contributed by atoms with E-state index >= 15 is 0 Å². The summed E-state index contributed by atoms with van der Waals surface area (Å²) in [5.41, 5.74) is 1.08. The summed E-state index contributed by atoms with van der Waals surface area (Å²) in [5.74, 6) is 1.86. The molecule has 1 fully saturated rings. The second-order valence-electron chi connectivity index (χ2n) is 6.05. The van der Waals surface area contributed by atoms with E-state index in [0.29, 0.717) is 24.3 Å². The molecule has 3 nitrogen and oxygen atoms in total. The van der Waals surface area contributed by atoms with Crippen LogP contribution in [0.3, 0.4) is 0 Å². The first-order valence-electron chi connectivity index (χ1n) is 8.35. The van der Waals surface area contributed by atoms with Crippen LogP contribution in [0, 0.1) is 5.92 Å². The molecule has 0 bridgehead atoms. The minimum atomic E-state index is -0.176. The zero-order chi connectivity index (χ0) is 14.9. The van der Waals surface area contributed by atoms with Crippen molar-refractivity contribution in [2.45, 2.75) is 64.2 Å². The average molecular weight is 294 g/mol. The van der Waals surface area contributed by atoms with Crippen molar-refractivity contribution in [2.75, 3.05) is 13.3 Å². The topological polar surface area (TPSA) is 35.0 Å². The summed E-state index contributed by atoms with van der Waals surface area (Å²) in [6, 6.07) is 3.99. The molecule has 1 aromatic heterocycles. The summed E-state index contributed by atoms with van der Waals surface area (Å²) >= 11 is 0. The van der Waals surface area contributed by atoms with Gasteiger partial charge in [-0.1, -0.05) is 13.3 Å². The van der Waals surface area contributed by atoms with Gasteiger partial charge in [0.25, 0.3) is 0 Å². The van der Waals surface area contributed by atoms with E-state index in [4.69, 9.17) is 4.74 Å². The Morgan fingerprint density at radius 1 is 1.14 bits per heavy atom. The van der Waals surface area contributed by atoms with Gasteiger partial charge in [0.15, 0.2) is 0 Å². The van der Waals surface area contributed by atoms with Crippen LogP contribution >= 0.6 is 0 Å². The monoisotopic (exact) mass is 294 g/mol. The van der Waals surface area contributed by atoms with Crippen molar-refractivity contribution in [3.05, 3.63) is 17.8 Å². The quantitative estimate of drug-likeness (QED) is 0.653. The molecule has 0 saturated heterocycles. The minimum absolute atomic E-state index is 0.176. The number of hydrogen-bond acceptors (Lipinski definition) is 3. The molecular formula is C17H27FN2O. The zero-order valence-corrected chi connectivity index (χ0v) is 13.1. The third kappa shape index (κ3) is 5.25. The molecule has 0 unspecified atom stereocenters. The van der Waals surface area contributed by atoms with Crippen LogP contribution in [0.1, 0.15) is 69.9 Å². The number of ether oxygens (including phenoxy) is 1. The van der Waals surface area contributed by atoms with Crippen LogP contribution < -0.4 is 4.74 Å². The summed E-state index contributed by atoms with van der Waals surface area (Å²) in [7, 11) is 0. The third-order valence-electron chi connectivity index (χ3n) is 4.42. The van der Waals surface area contributed by atoms with Crippen molar-refractivity contribution < 1.29 is 9.13 Å². The van der Waals surface area contributed by atoms with Gasteiger partial charge < -0.3 is 4.74 Å². The number of rotatable bonds is 8. The lowest BCUT2D eigenvalue weighted by molar-refractivity contribution is 0.284. The van der Waals surface area contributed by atoms with Crippen molar-refractivity contribution in [3.63, 3.8) is 0 Å². The fourth-order valence-electron chi connectivity index (χ4n) is 3.06. The Labute approximate surface area is 127 Å². The van der Waals surface area contributed by atoms with Crippen LogP contribution in [0.5, 0.6) is 5.88 Å². The van der Waals surface area contributed by atoms with Crippen molar-refractivity contribution in [1.29, 1.82) is 0 Å². The smallest absolute Gasteiger partial charge is 0.233 e. The highest BCUT2D eigenvalue weighted by atomic mass is 19.1. The Balaban J connectivity index is 1.78. The second kappa shape index (κ2) is 8.96. The van der Waals surface area contributed by atoms with E-state index in [1.165, 1.54) is 12.8 Å². The largest absolute Gasteiger partial charge is 0.477 e. The van der Waals surface area contributed by atoms with Crippen molar-refractivity contribution in [2.24, 2.45) is 5.92 Å². The normalized spacial score (nSPS) is 22.2. The SMILES string of the molecule is CCCCOc1ccc([C@H]2CC[C@H](CCCF)CC2)nn1. The van der Waals surface area contributed by atoms with E-state index < -0.39 is 0 Å². The number of unbranched alkanes of at least 4 members (excludes halogenated alkanes) is 1. The summed E-state index contributed by atoms with van der Waals surface area (Å²) in [5, 5.41) is 8.51. The van der Waals surface area contributed by atoms with Crippen molar-refractivity contribution in [3.8, 4) is 5.88 Å². The van der Waals surface area contributed by atoms with Crippen LogP contribution in [0.2, 0.25) is 0 Å². The van der Waals surface area contributed by atoms with Gasteiger partial charge in [-0.3, -0.25) is 4.39 Å². The van der Waals surface area contributed by atoms with Gasteiger partial charge in [0, 0.05) is 12.0 Å². The molecule has 1 saturated carbocycles. The first-order chi connectivity index (χ1) is 10.3. The van der Waals surface area contributed by atoms with Crippen LogP contribution in [0.25, 0.3) is 0 Å². The molecule has 2 rings (SSSR count). The van der Waals surface area contributed by atoms with Gasteiger partial charge in [-0.25, -0.2) is 0 Å². The number of aromatic nitrogens is 2. The van der Waals surface area contributed by atoms with Gasteiger partial charge >= 0.3 is 0 Å². The number of nitrogens with zero attached hydrogens (tertiary/aromatic N) is 2. The summed E-state index contributed by atoms with van der Waals surface area (Å²) in [4.78, 5) is 0. The van der Waals surface area contributed by atoms with Crippen molar-refractivity contribution in [1.82, 2.24) is 10.2 Å². The maximum absolute atomic E-state index is 12.2. The minimum Gasteiger partial charge on any atom is -0.477 e. The standard InChI is InChI=1S/C17H27FN2O/c1-2-3-13-21-17-11-10-16(19-20-17)15-8-6-14(7-9-15)5-4-12-18/h10-11,14-15H,2-9,12-13H2,1H3/t14-,15-. The fourth-order valence-corrected chi connectivity index (χ4v) is 3.06. The zero-order valence-electron chi connectivity index (χ0n) is 13.1. The lowest BCUT2D eigenvalue weighted by atomic mass is 9.79. The summed E-state index contributed by atoms with van der Waals surface area (Å²) in [6.45, 7) is 2.68. The highest BCUT2D eigenvalue weighted by Gasteiger charge is 2.23. The van der Waals surface area contributed by atoms with Crippen LogP contribution in [0.15, 0.2) is 12.1 Å². The Bertz CT molecular complexity index is 388. The molecule has 1 heterocycles. The van der Waals surface area contributed by atoms with E-state index in [-0.39, 0.29) is 6.67 Å². The lowest BCUT2D eigenvalue weighted by Crippen LogP contribution is -2.15. The maximum Gasteiger partial charge on any atom is 0.233 e. The van der Waals surface area contributed by atoms with Gasteiger partial charge in [-0.05, 0) is 56.9 Å². The third-order valence-corrected chi connectivity index (χ3v) is 4.42. The molecule has 1 aliphatic rings. The van der Waals surface area contributed by atoms with Gasteiger partial charge in [-0.15, -0.1) is 5.10 Å². The fraction of sp³-hybridized carbons (Fsp3) is 0.765. The lowest BCUT2D eigenvalue weighted by Gasteiger charge is -2.27. The van der Waals surface area contributed by atoms with E-state index in [0.717, 1.165) is 44.2 Å². The summed E-state index contributed by atoms with van der Waals surface area (Å²) in [6.07, 6.45) is 8.63. The Morgan fingerprint density at radius 2 is 1.95 bits per heavy atom. The molecule has 1 aliphatic carbocycles. The molecule has 21 heavy (non-hydrogen) atoms. The molecule has 0 atom stereocenters. The van der Waals surface area contributed by atoms with Crippen LogP contribution in [0.4, 0.5) is 4.39 Å². The highest BCUT2D eigenvalue weighted by molar-refractivity contribution is 5.15. The number of hydrogen-bond donors (Lipinski definition) is 0. The van der Waals surface area contributed by atoms with E-state index in [2.05, 4.69) is 23.2 Å². The molecule has 0 amide bonds. The first kappa shape index (κ1) is 16.2. The van der Waals surface area contributed by atoms with Crippen LogP contribution in [-0.4, -0.2) is 23.5 Å². The Morgan fingerprint density at radius 3 is 2.57 bits per heavy atom. The molecule has 1 aromatic rings. The Hall–Kier alpha value is -1.19. The van der Waals surface area contributed by atoms with E-state index in [1.54, 1.807) is 0 Å². The van der Waals surface area contributed by atoms with Crippen molar-refractivity contribution >= 4 is 0 Å². The second-order valence-corrected chi connectivity index (χ2v) is 6.05.